The van der Waals surface area contributed by atoms with Crippen LogP contribution in [-0.2, 0) is 32.3 Å². The third kappa shape index (κ3) is 10.6. The first kappa shape index (κ1) is 56.5. The van der Waals surface area contributed by atoms with Crippen LogP contribution in [0.15, 0.2) is 118 Å². The Bertz CT molecular complexity index is 3990. The Morgan fingerprint density at radius 3 is 1.62 bits per heavy atom. The van der Waals surface area contributed by atoms with Crippen molar-refractivity contribution in [3.63, 3.8) is 0 Å². The van der Waals surface area contributed by atoms with E-state index >= 15 is 0 Å². The van der Waals surface area contributed by atoms with E-state index in [1.54, 1.807) is 46.8 Å². The van der Waals surface area contributed by atoms with E-state index in [9.17, 15) is 4.79 Å². The van der Waals surface area contributed by atoms with E-state index in [4.69, 9.17) is 54.5 Å². The summed E-state index contributed by atoms with van der Waals surface area (Å²) in [7, 11) is 0.305. The van der Waals surface area contributed by atoms with Gasteiger partial charge in [-0.1, -0.05) is 107 Å². The van der Waals surface area contributed by atoms with Gasteiger partial charge in [0.25, 0.3) is 8.38 Å². The molecule has 17 heteroatoms. The molecule has 4 heterocycles. The molecule has 0 saturated carbocycles. The zero-order valence-corrected chi connectivity index (χ0v) is 51.9. The molecular weight excluding hydrogens is 1100 g/mol. The van der Waals surface area contributed by atoms with E-state index < -0.39 is 42.0 Å². The summed E-state index contributed by atoms with van der Waals surface area (Å²) in [5.41, 5.74) is 5.76. The van der Waals surface area contributed by atoms with Crippen LogP contribution in [0.3, 0.4) is 0 Å². The van der Waals surface area contributed by atoms with Crippen molar-refractivity contribution in [2.24, 2.45) is 0 Å². The van der Waals surface area contributed by atoms with Gasteiger partial charge in [0.2, 0.25) is 5.88 Å². The minimum absolute atomic E-state index is 0.137. The van der Waals surface area contributed by atoms with Crippen LogP contribution in [0.4, 0.5) is 0 Å². The molecule has 9 aromatic rings. The lowest BCUT2D eigenvalue weighted by molar-refractivity contribution is 0.0694. The van der Waals surface area contributed by atoms with Gasteiger partial charge in [-0.15, -0.1) is 0 Å². The highest BCUT2D eigenvalue weighted by molar-refractivity contribution is 7.47. The van der Waals surface area contributed by atoms with E-state index in [2.05, 4.69) is 112 Å². The van der Waals surface area contributed by atoms with Gasteiger partial charge in [-0.2, -0.15) is 0 Å². The number of pyridine rings is 1. The summed E-state index contributed by atoms with van der Waals surface area (Å²) >= 11 is 0. The average Bonchev–Trinajstić information content (AvgIpc) is 1.96. The van der Waals surface area contributed by atoms with Crippen LogP contribution in [0.2, 0.25) is 0 Å². The molecule has 2 atom stereocenters. The Morgan fingerprint density at radius 1 is 0.500 bits per heavy atom. The zero-order chi connectivity index (χ0) is 58.4. The summed E-state index contributed by atoms with van der Waals surface area (Å²) in [4.78, 5) is 17.8. The highest BCUT2D eigenvalue weighted by Crippen LogP contribution is 2.60. The fraction of sp³-hybridized carbons (Fsp3) is 0.323. The predicted molar refractivity (Wildman–Crippen MR) is 326 cm³/mol. The Balaban J connectivity index is 1.09. The van der Waals surface area contributed by atoms with E-state index in [0.717, 1.165) is 65.7 Å². The van der Waals surface area contributed by atoms with Gasteiger partial charge in [0, 0.05) is 39.2 Å². The van der Waals surface area contributed by atoms with Crippen LogP contribution in [0.1, 0.15) is 121 Å². The topological polar surface area (TPSA) is 149 Å². The molecule has 2 aliphatic rings. The first-order chi connectivity index (χ1) is 38.8. The van der Waals surface area contributed by atoms with E-state index in [-0.39, 0.29) is 22.3 Å². The molecule has 0 amide bonds. The van der Waals surface area contributed by atoms with E-state index in [0.29, 0.717) is 68.9 Å². The quantitative estimate of drug-likeness (QED) is 0.0893. The molecule has 0 N–H and O–H groups in total. The number of carbonyl (C=O) groups is 1. The molecule has 2 aliphatic heterocycles. The van der Waals surface area contributed by atoms with E-state index in [1.807, 2.05) is 66.7 Å². The summed E-state index contributed by atoms with van der Waals surface area (Å²) in [6, 6.07) is 33.4. The summed E-state index contributed by atoms with van der Waals surface area (Å²) in [6.45, 7) is 25.7. The van der Waals surface area contributed by atoms with Crippen molar-refractivity contribution < 1.29 is 59.3 Å². The van der Waals surface area contributed by atoms with Crippen LogP contribution >= 0.6 is 25.2 Å². The van der Waals surface area contributed by atoms with Crippen LogP contribution in [0, 0.1) is 0 Å². The van der Waals surface area contributed by atoms with Gasteiger partial charge in [-0.05, 0) is 128 Å². The maximum Gasteiger partial charge on any atom is 0.534 e. The highest BCUT2D eigenvalue weighted by Gasteiger charge is 2.39. The minimum Gasteiger partial charge on any atom is -0.497 e. The SMILES string of the molecule is COc1cc(-c2cc(OC)cc(C(C)(C)C)c2OP2OC(=O)c3cccnc3O2)c(CP2Oc3cccc4cc5cccc(Op6oc7c(C(C)(C)C)cc(OC)cc7c7cc(OC)cc(C(C)(C)C)c7o6)c5c(c34)O2)c(C(C)(C)C)c1. The molecule has 2 aromatic heterocycles. The molecule has 0 saturated heterocycles. The number of aromatic nitrogens is 1. The van der Waals surface area contributed by atoms with Gasteiger partial charge in [-0.25, -0.2) is 9.78 Å². The van der Waals surface area contributed by atoms with Crippen molar-refractivity contribution in [2.45, 2.75) is 111 Å². The molecule has 7 aromatic carbocycles. The highest BCUT2D eigenvalue weighted by atomic mass is 31.2. The second kappa shape index (κ2) is 21.1. The molecule has 0 fully saturated rings. The number of benzene rings is 7. The third-order valence-electron chi connectivity index (χ3n) is 14.7. The lowest BCUT2D eigenvalue weighted by Gasteiger charge is -2.32. The Labute approximate surface area is 481 Å². The van der Waals surface area contributed by atoms with Gasteiger partial charge in [0.05, 0.1) is 45.4 Å². The van der Waals surface area contributed by atoms with Crippen molar-refractivity contribution in [1.29, 1.82) is 0 Å². The minimum atomic E-state index is -2.31. The molecule has 2 unspecified atom stereocenters. The number of hydrogen-bond acceptors (Lipinski definition) is 14. The number of fused-ring (bicyclic) bond motifs is 6. The van der Waals surface area contributed by atoms with Crippen LogP contribution in [0.25, 0.3) is 54.6 Å². The molecule has 82 heavy (non-hydrogen) atoms. The number of methoxy groups -OCH3 is 4. The van der Waals surface area contributed by atoms with Crippen LogP contribution in [0.5, 0.6) is 51.9 Å². The van der Waals surface area contributed by atoms with Gasteiger partial charge in [0.1, 0.15) is 57.0 Å². The standard InChI is InChI=1S/C65H68NO13P3/c1-62(2,3)48-31-38(68-13)27-43(44-28-39(69-14)32-49(63(4,5)6)56(44)77-82-78-60-42(61(67)79-82)22-19-25-66-60)47(48)35-80-72-52-23-17-20-36-26-37-21-18-24-53(55(37)59(74-80)54(36)52)73-81-75-57-45(29-40(70-15)33-50(57)64(7,8)9)46-30-41(71-16)34-51(58(46)76-81)65(10,11)12/h17-34H,35H2,1-16H3. The lowest BCUT2D eigenvalue weighted by atomic mass is 9.79. The summed E-state index contributed by atoms with van der Waals surface area (Å²) < 4.78 is 78.9. The third-order valence-corrected chi connectivity index (χ3v) is 18.0. The first-order valence-electron chi connectivity index (χ1n) is 27.0. The second-order valence-electron chi connectivity index (χ2n) is 24.6. The van der Waals surface area contributed by atoms with Crippen molar-refractivity contribution in [3.8, 4) is 63.0 Å². The maximum absolute atomic E-state index is 13.4. The fourth-order valence-electron chi connectivity index (χ4n) is 10.6. The number of rotatable bonds is 11. The summed E-state index contributed by atoms with van der Waals surface area (Å²) in [6.07, 6.45) is 1.87. The van der Waals surface area contributed by atoms with Gasteiger partial charge in [0.15, 0.2) is 5.75 Å². The summed E-state index contributed by atoms with van der Waals surface area (Å²) in [5, 5.41) is 4.98. The molecule has 14 nitrogen and oxygen atoms in total. The lowest BCUT2D eigenvalue weighted by Crippen LogP contribution is -2.19. The predicted octanol–water partition coefficient (Wildman–Crippen LogP) is 18.9. The largest absolute Gasteiger partial charge is 0.534 e. The molecule has 0 aliphatic carbocycles. The van der Waals surface area contributed by atoms with Crippen molar-refractivity contribution in [1.82, 2.24) is 4.98 Å². The van der Waals surface area contributed by atoms with E-state index in [1.165, 1.54) is 0 Å². The van der Waals surface area contributed by atoms with Gasteiger partial charge in [-0.3, -0.25) is 0 Å². The second-order valence-corrected chi connectivity index (χ2v) is 27.9. The molecule has 0 spiro atoms. The molecule has 0 bridgehead atoms. The molecule has 0 radical (unpaired) electrons. The first-order valence-corrected chi connectivity index (χ1v) is 30.6. The smallest absolute Gasteiger partial charge is 0.497 e. The Hall–Kier alpha value is -7.36. The fourth-order valence-corrected chi connectivity index (χ4v) is 14.2. The van der Waals surface area contributed by atoms with Gasteiger partial charge < -0.3 is 54.5 Å². The van der Waals surface area contributed by atoms with Crippen molar-refractivity contribution in [2.75, 3.05) is 28.4 Å². The van der Waals surface area contributed by atoms with Crippen LogP contribution < -0.4 is 41.6 Å². The number of nitrogens with zero attached hydrogens (tertiary/aromatic N) is 1. The molecule has 11 rings (SSSR count). The Morgan fingerprint density at radius 2 is 1.04 bits per heavy atom. The number of hydrogen-bond donors (Lipinski definition) is 0. The average molecular weight is 1160 g/mol. The number of carbonyl (C=O) groups excluding carboxylic acids is 1. The zero-order valence-electron chi connectivity index (χ0n) is 49.2. The number of ether oxygens (including phenoxy) is 4. The van der Waals surface area contributed by atoms with Crippen molar-refractivity contribution in [3.05, 3.63) is 143 Å². The molecule has 426 valence electrons. The normalized spacial score (nSPS) is 15.3. The Kier molecular flexibility index (Phi) is 14.6. The monoisotopic (exact) mass is 1160 g/mol. The van der Waals surface area contributed by atoms with Crippen molar-refractivity contribution >= 4 is 74.7 Å². The maximum atomic E-state index is 13.4. The molecular formula is C65H68NO13P3. The van der Waals surface area contributed by atoms with Crippen LogP contribution in [-0.4, -0.2) is 39.4 Å². The summed E-state index contributed by atoms with van der Waals surface area (Å²) in [5.74, 6) is 4.37. The van der Waals surface area contributed by atoms with Gasteiger partial charge >= 0.3 is 22.8 Å².